The molecule has 23 heavy (non-hydrogen) atoms. The van der Waals surface area contributed by atoms with Crippen molar-refractivity contribution in [3.63, 3.8) is 0 Å². The second-order valence-electron chi connectivity index (χ2n) is 4.95. The molecule has 0 spiro atoms. The summed E-state index contributed by atoms with van der Waals surface area (Å²) in [6, 6.07) is 8.84. The quantitative estimate of drug-likeness (QED) is 0.836. The Balaban J connectivity index is 2.18. The number of anilines is 1. The third kappa shape index (κ3) is 4.16. The molecule has 0 bridgehead atoms. The predicted octanol–water partition coefficient (Wildman–Crippen LogP) is 4.69. The molecule has 0 saturated heterocycles. The molecule has 0 saturated carbocycles. The van der Waals surface area contributed by atoms with Crippen LogP contribution >= 0.6 is 15.9 Å². The lowest BCUT2D eigenvalue weighted by Gasteiger charge is -2.13. The maximum absolute atomic E-state index is 12.2. The normalized spacial score (nSPS) is 10.1. The molecule has 122 valence electrons. The van der Waals surface area contributed by atoms with Crippen molar-refractivity contribution in [3.05, 3.63) is 45.9 Å². The minimum Gasteiger partial charge on any atom is -0.497 e. The average molecular weight is 380 g/mol. The van der Waals surface area contributed by atoms with Crippen LogP contribution in [0.15, 0.2) is 34.8 Å². The number of aryl methyl sites for hydroxylation is 2. The summed E-state index contributed by atoms with van der Waals surface area (Å²) in [5.41, 5.74) is 2.32. The van der Waals surface area contributed by atoms with Gasteiger partial charge < -0.3 is 14.2 Å². The number of benzene rings is 2. The topological polar surface area (TPSA) is 56.8 Å². The van der Waals surface area contributed by atoms with Crippen LogP contribution in [0.25, 0.3) is 0 Å². The van der Waals surface area contributed by atoms with Gasteiger partial charge in [-0.15, -0.1) is 0 Å². The Kier molecular flexibility index (Phi) is 5.50. The third-order valence-corrected chi connectivity index (χ3v) is 4.16. The first-order valence-corrected chi connectivity index (χ1v) is 7.71. The van der Waals surface area contributed by atoms with Crippen molar-refractivity contribution in [1.82, 2.24) is 0 Å². The Morgan fingerprint density at radius 3 is 2.39 bits per heavy atom. The summed E-state index contributed by atoms with van der Waals surface area (Å²) < 4.78 is 16.7. The van der Waals surface area contributed by atoms with Crippen LogP contribution in [0, 0.1) is 13.8 Å². The molecule has 5 nitrogen and oxygen atoms in total. The number of halogens is 1. The van der Waals surface area contributed by atoms with Crippen molar-refractivity contribution < 1.29 is 19.0 Å². The highest BCUT2D eigenvalue weighted by molar-refractivity contribution is 9.10. The predicted molar refractivity (Wildman–Crippen MR) is 92.8 cm³/mol. The van der Waals surface area contributed by atoms with Crippen molar-refractivity contribution >= 4 is 27.7 Å². The molecule has 0 radical (unpaired) electrons. The molecule has 0 aliphatic heterocycles. The molecule has 0 fully saturated rings. The van der Waals surface area contributed by atoms with Gasteiger partial charge in [0.05, 0.1) is 19.9 Å². The second-order valence-corrected chi connectivity index (χ2v) is 5.80. The van der Waals surface area contributed by atoms with E-state index in [-0.39, 0.29) is 0 Å². The fraction of sp³-hybridized carbons (Fsp3) is 0.235. The van der Waals surface area contributed by atoms with Crippen molar-refractivity contribution in [1.29, 1.82) is 0 Å². The van der Waals surface area contributed by atoms with Gasteiger partial charge >= 0.3 is 6.09 Å². The summed E-state index contributed by atoms with van der Waals surface area (Å²) in [5.74, 6) is 1.63. The number of hydrogen-bond donors (Lipinski definition) is 1. The fourth-order valence-corrected chi connectivity index (χ4v) is 2.47. The molecular weight excluding hydrogens is 362 g/mol. The Bertz CT molecular complexity index is 731. The number of ether oxygens (including phenoxy) is 3. The number of amides is 1. The lowest BCUT2D eigenvalue weighted by molar-refractivity contribution is 0.214. The molecule has 1 N–H and O–H groups in total. The number of carbonyl (C=O) groups excluding carboxylic acids is 1. The van der Waals surface area contributed by atoms with Gasteiger partial charge in [-0.1, -0.05) is 15.9 Å². The minimum absolute atomic E-state index is 0.475. The second kappa shape index (κ2) is 7.37. The summed E-state index contributed by atoms with van der Waals surface area (Å²) in [4.78, 5) is 12.2. The van der Waals surface area contributed by atoms with Crippen LogP contribution in [0.4, 0.5) is 10.5 Å². The van der Waals surface area contributed by atoms with Gasteiger partial charge in [-0.2, -0.15) is 0 Å². The molecule has 1 amide bonds. The first-order chi connectivity index (χ1) is 10.9. The Hall–Kier alpha value is -2.21. The lowest BCUT2D eigenvalue weighted by atomic mass is 10.1. The van der Waals surface area contributed by atoms with Gasteiger partial charge in [-0.3, -0.25) is 5.32 Å². The van der Waals surface area contributed by atoms with Crippen LogP contribution in [0.1, 0.15) is 11.1 Å². The highest BCUT2D eigenvalue weighted by Crippen LogP contribution is 2.30. The summed E-state index contributed by atoms with van der Waals surface area (Å²) in [6.07, 6.45) is -0.596. The monoisotopic (exact) mass is 379 g/mol. The zero-order valence-electron chi connectivity index (χ0n) is 13.4. The van der Waals surface area contributed by atoms with Gasteiger partial charge in [0.2, 0.25) is 0 Å². The highest BCUT2D eigenvalue weighted by atomic mass is 79.9. The van der Waals surface area contributed by atoms with Crippen LogP contribution in [0.3, 0.4) is 0 Å². The summed E-state index contributed by atoms with van der Waals surface area (Å²) >= 11 is 3.45. The SMILES string of the molecule is COc1ccc(OC)c(NC(=O)Oc2cc(C)c(Br)cc2C)c1. The van der Waals surface area contributed by atoms with Gasteiger partial charge in [-0.05, 0) is 49.2 Å². The molecule has 2 rings (SSSR count). The van der Waals surface area contributed by atoms with Gasteiger partial charge in [-0.25, -0.2) is 4.79 Å². The summed E-state index contributed by atoms with van der Waals surface area (Å²) in [5, 5.41) is 2.67. The molecule has 0 unspecified atom stereocenters. The number of methoxy groups -OCH3 is 2. The standard InChI is InChI=1S/C17H18BrNO4/c1-10-8-16(11(2)7-13(10)18)23-17(20)19-14-9-12(21-3)5-6-15(14)22-4/h5-9H,1-4H3,(H,19,20). The lowest BCUT2D eigenvalue weighted by Crippen LogP contribution is -2.18. The van der Waals surface area contributed by atoms with Crippen molar-refractivity contribution in [2.75, 3.05) is 19.5 Å². The van der Waals surface area contributed by atoms with E-state index in [9.17, 15) is 4.79 Å². The third-order valence-electron chi connectivity index (χ3n) is 3.30. The van der Waals surface area contributed by atoms with Crippen molar-refractivity contribution in [2.24, 2.45) is 0 Å². The van der Waals surface area contributed by atoms with E-state index < -0.39 is 6.09 Å². The molecule has 2 aromatic rings. The van der Waals surface area contributed by atoms with Crippen LogP contribution in [0.5, 0.6) is 17.2 Å². The maximum Gasteiger partial charge on any atom is 0.417 e. The molecule has 2 aromatic carbocycles. The fourth-order valence-electron chi connectivity index (χ4n) is 2.01. The molecule has 0 heterocycles. The van der Waals surface area contributed by atoms with Gasteiger partial charge in [0.1, 0.15) is 17.2 Å². The number of hydrogen-bond acceptors (Lipinski definition) is 4. The van der Waals surface area contributed by atoms with Gasteiger partial charge in [0.25, 0.3) is 0 Å². The molecule has 0 aromatic heterocycles. The van der Waals surface area contributed by atoms with E-state index in [2.05, 4.69) is 21.2 Å². The van der Waals surface area contributed by atoms with E-state index in [1.165, 1.54) is 7.11 Å². The Morgan fingerprint density at radius 2 is 1.74 bits per heavy atom. The Labute approximate surface area is 143 Å². The van der Waals surface area contributed by atoms with E-state index in [0.717, 1.165) is 15.6 Å². The van der Waals surface area contributed by atoms with Crippen LogP contribution in [0.2, 0.25) is 0 Å². The van der Waals surface area contributed by atoms with Gasteiger partial charge in [0.15, 0.2) is 0 Å². The van der Waals surface area contributed by atoms with Crippen LogP contribution in [-0.2, 0) is 0 Å². The molecule has 0 atom stereocenters. The zero-order valence-corrected chi connectivity index (χ0v) is 15.0. The molecular formula is C17H18BrNO4. The molecule has 6 heteroatoms. The minimum atomic E-state index is -0.596. The Morgan fingerprint density at radius 1 is 1.00 bits per heavy atom. The average Bonchev–Trinajstić information content (AvgIpc) is 2.52. The first-order valence-electron chi connectivity index (χ1n) is 6.92. The molecule has 0 aliphatic rings. The zero-order chi connectivity index (χ0) is 17.0. The summed E-state index contributed by atoms with van der Waals surface area (Å²) in [7, 11) is 3.08. The first kappa shape index (κ1) is 17.1. The van der Waals surface area contributed by atoms with Crippen LogP contribution in [-0.4, -0.2) is 20.3 Å². The van der Waals surface area contributed by atoms with E-state index in [1.807, 2.05) is 26.0 Å². The van der Waals surface area contributed by atoms with Crippen molar-refractivity contribution in [2.45, 2.75) is 13.8 Å². The van der Waals surface area contributed by atoms with E-state index in [4.69, 9.17) is 14.2 Å². The highest BCUT2D eigenvalue weighted by Gasteiger charge is 2.13. The smallest absolute Gasteiger partial charge is 0.417 e. The van der Waals surface area contributed by atoms with E-state index in [1.54, 1.807) is 25.3 Å². The number of rotatable bonds is 4. The molecule has 0 aliphatic carbocycles. The number of nitrogens with one attached hydrogen (secondary N) is 1. The largest absolute Gasteiger partial charge is 0.497 e. The number of carbonyl (C=O) groups is 1. The maximum atomic E-state index is 12.2. The van der Waals surface area contributed by atoms with Crippen molar-refractivity contribution in [3.8, 4) is 17.2 Å². The van der Waals surface area contributed by atoms with Gasteiger partial charge in [0, 0.05) is 10.5 Å². The summed E-state index contributed by atoms with van der Waals surface area (Å²) in [6.45, 7) is 3.80. The van der Waals surface area contributed by atoms with E-state index >= 15 is 0 Å². The van der Waals surface area contributed by atoms with E-state index in [0.29, 0.717) is 22.9 Å². The van der Waals surface area contributed by atoms with Crippen LogP contribution < -0.4 is 19.5 Å².